The fourth-order valence-corrected chi connectivity index (χ4v) is 4.13. The van der Waals surface area contributed by atoms with Crippen molar-refractivity contribution >= 4 is 29.0 Å². The molecule has 0 radical (unpaired) electrons. The highest BCUT2D eigenvalue weighted by molar-refractivity contribution is 6.46. The Morgan fingerprint density at radius 3 is 2.67 bits per heavy atom. The third-order valence-electron chi connectivity index (χ3n) is 5.40. The van der Waals surface area contributed by atoms with E-state index in [1.54, 1.807) is 0 Å². The number of benzene rings is 2. The zero-order valence-electron chi connectivity index (χ0n) is 16.7. The lowest BCUT2D eigenvalue weighted by Gasteiger charge is -2.29. The van der Waals surface area contributed by atoms with Gasteiger partial charge in [-0.1, -0.05) is 35.9 Å². The molecule has 154 valence electrons. The van der Waals surface area contributed by atoms with E-state index in [0.29, 0.717) is 11.1 Å². The predicted molar refractivity (Wildman–Crippen MR) is 120 cm³/mol. The average molecular weight is 423 g/mol. The van der Waals surface area contributed by atoms with Crippen molar-refractivity contribution in [1.82, 2.24) is 5.32 Å². The molecule has 2 unspecified atom stereocenters. The monoisotopic (exact) mass is 422 g/mol. The molecule has 5 rings (SSSR count). The largest absolute Gasteiger partial charge is 0.426 e. The van der Waals surface area contributed by atoms with Crippen LogP contribution in [-0.4, -0.2) is 50.2 Å². The minimum atomic E-state index is -0.291. The fraction of sp³-hybridized carbons (Fsp3) is 0.304. The Balaban J connectivity index is 1.34. The molecule has 1 N–H and O–H groups in total. The summed E-state index contributed by atoms with van der Waals surface area (Å²) in [5.74, 6) is 0.748. The van der Waals surface area contributed by atoms with Crippen molar-refractivity contribution < 1.29 is 9.47 Å². The number of nitrogens with one attached hydrogen (secondary N) is 1. The van der Waals surface area contributed by atoms with Gasteiger partial charge in [0, 0.05) is 24.3 Å². The van der Waals surface area contributed by atoms with Crippen LogP contribution >= 0.6 is 11.6 Å². The minimum Gasteiger partial charge on any atom is -0.426 e. The van der Waals surface area contributed by atoms with Gasteiger partial charge in [0.25, 0.3) is 6.02 Å². The van der Waals surface area contributed by atoms with Gasteiger partial charge in [0.05, 0.1) is 30.0 Å². The van der Waals surface area contributed by atoms with Crippen LogP contribution in [0.4, 0.5) is 5.69 Å². The molecular weight excluding hydrogens is 400 g/mol. The summed E-state index contributed by atoms with van der Waals surface area (Å²) in [5.41, 5.74) is 4.06. The van der Waals surface area contributed by atoms with Crippen LogP contribution in [0.2, 0.25) is 0 Å². The standard InChI is InChI=1S/C23H23ClN4O2/c1-15-3-2-4-18(13-15)30-23-25-20-14-19(24)21(26-22(20)27-23)16-5-7-17(8-6-16)28-9-11-29-12-10-28/h2-8,13-14,20,22H,9-12H2,1H3,(H,25,27). The Morgan fingerprint density at radius 2 is 1.90 bits per heavy atom. The lowest BCUT2D eigenvalue weighted by Crippen LogP contribution is -2.37. The number of amidine groups is 1. The third-order valence-corrected chi connectivity index (χ3v) is 5.70. The molecule has 3 heterocycles. The maximum atomic E-state index is 6.57. The first-order valence-corrected chi connectivity index (χ1v) is 10.5. The first kappa shape index (κ1) is 19.2. The zero-order valence-corrected chi connectivity index (χ0v) is 17.5. The topological polar surface area (TPSA) is 58.5 Å². The molecule has 3 aliphatic heterocycles. The molecule has 0 spiro atoms. The van der Waals surface area contributed by atoms with Gasteiger partial charge in [-0.05, 0) is 42.8 Å². The van der Waals surface area contributed by atoms with E-state index in [1.165, 1.54) is 5.69 Å². The summed E-state index contributed by atoms with van der Waals surface area (Å²) >= 11 is 6.57. The van der Waals surface area contributed by atoms with Crippen molar-refractivity contribution in [3.63, 3.8) is 0 Å². The Hall–Kier alpha value is -2.83. The summed E-state index contributed by atoms with van der Waals surface area (Å²) in [4.78, 5) is 11.7. The number of nitrogens with zero attached hydrogens (tertiary/aromatic N) is 3. The van der Waals surface area contributed by atoms with E-state index in [9.17, 15) is 0 Å². The number of allylic oxidation sites excluding steroid dienone is 1. The summed E-state index contributed by atoms with van der Waals surface area (Å²) < 4.78 is 11.3. The fourth-order valence-electron chi connectivity index (χ4n) is 3.83. The molecule has 1 saturated heterocycles. The summed E-state index contributed by atoms with van der Waals surface area (Å²) in [7, 11) is 0. The SMILES string of the molecule is Cc1cccc(OC2=NC3N=C(c4ccc(N5CCOCC5)cc4)C(Cl)=CC3N2)c1. The van der Waals surface area contributed by atoms with Crippen molar-refractivity contribution in [1.29, 1.82) is 0 Å². The highest BCUT2D eigenvalue weighted by Gasteiger charge is 2.33. The molecule has 6 nitrogen and oxygen atoms in total. The molecule has 2 atom stereocenters. The van der Waals surface area contributed by atoms with E-state index in [2.05, 4.69) is 39.5 Å². The van der Waals surface area contributed by atoms with E-state index < -0.39 is 0 Å². The molecule has 0 amide bonds. The Bertz CT molecular complexity index is 1030. The molecule has 0 aromatic heterocycles. The highest BCUT2D eigenvalue weighted by atomic mass is 35.5. The van der Waals surface area contributed by atoms with Gasteiger partial charge >= 0.3 is 0 Å². The quantitative estimate of drug-likeness (QED) is 0.822. The number of ether oxygens (including phenoxy) is 2. The molecule has 3 aliphatic rings. The molecule has 0 aliphatic carbocycles. The lowest BCUT2D eigenvalue weighted by atomic mass is 10.0. The van der Waals surface area contributed by atoms with Gasteiger partial charge in [0.2, 0.25) is 0 Å². The number of dihydropyridines is 1. The number of morpholine rings is 1. The van der Waals surface area contributed by atoms with E-state index in [-0.39, 0.29) is 12.2 Å². The smallest absolute Gasteiger partial charge is 0.293 e. The van der Waals surface area contributed by atoms with Crippen LogP contribution in [-0.2, 0) is 4.74 Å². The second-order valence-electron chi connectivity index (χ2n) is 7.58. The van der Waals surface area contributed by atoms with Crippen LogP contribution in [0.15, 0.2) is 69.6 Å². The van der Waals surface area contributed by atoms with Crippen LogP contribution in [0.3, 0.4) is 0 Å². The van der Waals surface area contributed by atoms with E-state index in [0.717, 1.165) is 48.9 Å². The molecule has 0 saturated carbocycles. The minimum absolute atomic E-state index is 0.103. The Morgan fingerprint density at radius 1 is 1.10 bits per heavy atom. The molecule has 2 aromatic carbocycles. The van der Waals surface area contributed by atoms with Gasteiger partial charge in [-0.2, -0.15) is 0 Å². The first-order valence-electron chi connectivity index (χ1n) is 10.1. The Labute approximate surface area is 180 Å². The van der Waals surface area contributed by atoms with Gasteiger partial charge < -0.3 is 19.7 Å². The number of hydrogen-bond acceptors (Lipinski definition) is 6. The van der Waals surface area contributed by atoms with Crippen LogP contribution in [0, 0.1) is 6.92 Å². The molecule has 2 aromatic rings. The van der Waals surface area contributed by atoms with Gasteiger partial charge in [-0.25, -0.2) is 4.99 Å². The van der Waals surface area contributed by atoms with Gasteiger partial charge in [-0.3, -0.25) is 4.99 Å². The summed E-state index contributed by atoms with van der Waals surface area (Å²) in [6.07, 6.45) is 1.67. The van der Waals surface area contributed by atoms with Crippen molar-refractivity contribution in [2.45, 2.75) is 19.1 Å². The maximum absolute atomic E-state index is 6.57. The number of fused-ring (bicyclic) bond motifs is 1. The average Bonchev–Trinajstić information content (AvgIpc) is 3.15. The molecule has 30 heavy (non-hydrogen) atoms. The van der Waals surface area contributed by atoms with E-state index in [1.807, 2.05) is 37.3 Å². The summed E-state index contributed by atoms with van der Waals surface area (Å²) in [6, 6.07) is 16.6. The molecular formula is C23H23ClN4O2. The number of aryl methyl sites for hydroxylation is 1. The van der Waals surface area contributed by atoms with Crippen molar-refractivity contribution in [2.24, 2.45) is 9.98 Å². The number of anilines is 1. The normalized spacial score (nSPS) is 23.1. The zero-order chi connectivity index (χ0) is 20.5. The molecule has 0 bridgehead atoms. The summed E-state index contributed by atoms with van der Waals surface area (Å²) in [6.45, 7) is 5.39. The maximum Gasteiger partial charge on any atom is 0.293 e. The van der Waals surface area contributed by atoms with Crippen molar-refractivity contribution in [3.8, 4) is 5.75 Å². The van der Waals surface area contributed by atoms with Crippen LogP contribution in [0.1, 0.15) is 11.1 Å². The van der Waals surface area contributed by atoms with Crippen LogP contribution in [0.5, 0.6) is 5.75 Å². The van der Waals surface area contributed by atoms with Crippen LogP contribution in [0.25, 0.3) is 0 Å². The molecule has 7 heteroatoms. The van der Waals surface area contributed by atoms with Gasteiger partial charge in [-0.15, -0.1) is 0 Å². The van der Waals surface area contributed by atoms with E-state index in [4.69, 9.17) is 26.1 Å². The number of hydrogen-bond donors (Lipinski definition) is 1. The second kappa shape index (κ2) is 8.13. The predicted octanol–water partition coefficient (Wildman–Crippen LogP) is 3.49. The molecule has 1 fully saturated rings. The third kappa shape index (κ3) is 3.93. The Kier molecular flexibility index (Phi) is 5.19. The van der Waals surface area contributed by atoms with Gasteiger partial charge in [0.1, 0.15) is 5.75 Å². The lowest BCUT2D eigenvalue weighted by molar-refractivity contribution is 0.122. The first-order chi connectivity index (χ1) is 14.7. The van der Waals surface area contributed by atoms with Crippen molar-refractivity contribution in [2.75, 3.05) is 31.2 Å². The number of halogens is 1. The van der Waals surface area contributed by atoms with Crippen LogP contribution < -0.4 is 15.0 Å². The second-order valence-corrected chi connectivity index (χ2v) is 7.98. The summed E-state index contributed by atoms with van der Waals surface area (Å²) in [5, 5.41) is 3.88. The van der Waals surface area contributed by atoms with Gasteiger partial charge in [0.15, 0.2) is 6.17 Å². The van der Waals surface area contributed by atoms with E-state index >= 15 is 0 Å². The number of rotatable bonds is 3. The van der Waals surface area contributed by atoms with Crippen molar-refractivity contribution in [3.05, 3.63) is 70.8 Å². The number of aliphatic imine (C=N–C) groups is 2. The highest BCUT2D eigenvalue weighted by Crippen LogP contribution is 2.27.